The zero-order valence-corrected chi connectivity index (χ0v) is 10.4. The van der Waals surface area contributed by atoms with E-state index in [4.69, 9.17) is 9.84 Å². The van der Waals surface area contributed by atoms with Gasteiger partial charge in [0, 0.05) is 19.1 Å². The number of methoxy groups -OCH3 is 1. The van der Waals surface area contributed by atoms with Gasteiger partial charge in [-0.15, -0.1) is 0 Å². The molecule has 0 aliphatic rings. The van der Waals surface area contributed by atoms with Crippen molar-refractivity contribution in [2.45, 2.75) is 32.6 Å². The van der Waals surface area contributed by atoms with Crippen LogP contribution in [0.5, 0.6) is 0 Å². The van der Waals surface area contributed by atoms with E-state index in [-0.39, 0.29) is 19.0 Å². The number of carbonyl (C=O) groups excluding carboxylic acids is 2. The average Bonchev–Trinajstić information content (AvgIpc) is 2.32. The third-order valence-electron chi connectivity index (χ3n) is 2.14. The largest absolute Gasteiger partial charge is 0.469 e. The number of aliphatic hydroxyl groups is 1. The summed E-state index contributed by atoms with van der Waals surface area (Å²) in [5, 5.41) is 8.74. The van der Waals surface area contributed by atoms with Crippen LogP contribution in [-0.4, -0.2) is 37.4 Å². The van der Waals surface area contributed by atoms with Crippen molar-refractivity contribution in [3.05, 3.63) is 11.6 Å². The summed E-state index contributed by atoms with van der Waals surface area (Å²) in [7, 11) is 1.32. The van der Waals surface area contributed by atoms with E-state index in [0.717, 1.165) is 5.57 Å². The molecule has 0 aliphatic heterocycles. The number of hydrogen-bond donors (Lipinski definition) is 1. The molecule has 0 aromatic carbocycles. The average molecular weight is 244 g/mol. The van der Waals surface area contributed by atoms with Gasteiger partial charge in [-0.3, -0.25) is 4.79 Å². The molecular weight excluding hydrogens is 224 g/mol. The first-order chi connectivity index (χ1) is 8.13. The smallest absolute Gasteiger partial charge is 0.330 e. The van der Waals surface area contributed by atoms with E-state index in [0.29, 0.717) is 25.9 Å². The summed E-state index contributed by atoms with van der Waals surface area (Å²) in [5.74, 6) is -0.728. The van der Waals surface area contributed by atoms with Crippen LogP contribution in [0, 0.1) is 0 Å². The molecule has 0 saturated heterocycles. The molecule has 0 bridgehead atoms. The van der Waals surface area contributed by atoms with E-state index in [1.807, 2.05) is 0 Å². The van der Waals surface area contributed by atoms with Crippen molar-refractivity contribution in [1.29, 1.82) is 0 Å². The summed E-state index contributed by atoms with van der Waals surface area (Å²) in [4.78, 5) is 22.2. The molecule has 0 aromatic rings. The minimum atomic E-state index is -0.412. The van der Waals surface area contributed by atoms with Gasteiger partial charge in [-0.05, 0) is 26.2 Å². The molecule has 0 spiro atoms. The van der Waals surface area contributed by atoms with Gasteiger partial charge in [0.1, 0.15) is 0 Å². The topological polar surface area (TPSA) is 72.8 Å². The van der Waals surface area contributed by atoms with Gasteiger partial charge in [0.15, 0.2) is 0 Å². The van der Waals surface area contributed by atoms with Gasteiger partial charge >= 0.3 is 11.9 Å². The minimum absolute atomic E-state index is 0.0540. The molecule has 0 rings (SSSR count). The maximum atomic E-state index is 11.3. The molecule has 0 heterocycles. The van der Waals surface area contributed by atoms with Crippen molar-refractivity contribution in [3.8, 4) is 0 Å². The summed E-state index contributed by atoms with van der Waals surface area (Å²) in [6.07, 6.45) is 3.21. The maximum Gasteiger partial charge on any atom is 0.330 e. The van der Waals surface area contributed by atoms with Crippen molar-refractivity contribution >= 4 is 11.9 Å². The normalized spacial score (nSPS) is 11.1. The summed E-state index contributed by atoms with van der Waals surface area (Å²) >= 11 is 0. The van der Waals surface area contributed by atoms with Crippen molar-refractivity contribution in [2.75, 3.05) is 20.3 Å². The number of esters is 2. The number of carbonyl (C=O) groups is 2. The van der Waals surface area contributed by atoms with Crippen LogP contribution in [-0.2, 0) is 19.1 Å². The summed E-state index contributed by atoms with van der Waals surface area (Å²) in [6.45, 7) is 2.10. The fourth-order valence-corrected chi connectivity index (χ4v) is 1.29. The predicted octanol–water partition coefficient (Wildman–Crippen LogP) is 1.20. The lowest BCUT2D eigenvalue weighted by atomic mass is 10.0. The Labute approximate surface area is 101 Å². The van der Waals surface area contributed by atoms with E-state index in [2.05, 4.69) is 4.74 Å². The van der Waals surface area contributed by atoms with E-state index in [1.54, 1.807) is 6.92 Å². The lowest BCUT2D eigenvalue weighted by Gasteiger charge is -2.06. The molecular formula is C12H20O5. The van der Waals surface area contributed by atoms with Crippen LogP contribution < -0.4 is 0 Å². The van der Waals surface area contributed by atoms with E-state index >= 15 is 0 Å². The molecule has 0 saturated carbocycles. The van der Waals surface area contributed by atoms with Crippen molar-refractivity contribution in [1.82, 2.24) is 0 Å². The Balaban J connectivity index is 4.30. The molecule has 0 atom stereocenters. The van der Waals surface area contributed by atoms with Crippen LogP contribution in [0.2, 0.25) is 0 Å². The SMILES string of the molecule is CCOC(=O)/C=C(\CCCO)CCC(=O)OC. The highest BCUT2D eigenvalue weighted by atomic mass is 16.5. The van der Waals surface area contributed by atoms with Crippen molar-refractivity contribution < 1.29 is 24.2 Å². The summed E-state index contributed by atoms with van der Waals surface area (Å²) < 4.78 is 9.32. The first-order valence-corrected chi connectivity index (χ1v) is 5.67. The number of hydrogen-bond acceptors (Lipinski definition) is 5. The molecule has 17 heavy (non-hydrogen) atoms. The van der Waals surface area contributed by atoms with E-state index in [1.165, 1.54) is 13.2 Å². The maximum absolute atomic E-state index is 11.3. The highest BCUT2D eigenvalue weighted by molar-refractivity contribution is 5.83. The molecule has 5 heteroatoms. The third kappa shape index (κ3) is 8.45. The minimum Gasteiger partial charge on any atom is -0.469 e. The van der Waals surface area contributed by atoms with Crippen molar-refractivity contribution in [2.24, 2.45) is 0 Å². The predicted molar refractivity (Wildman–Crippen MR) is 62.3 cm³/mol. The Morgan fingerprint density at radius 1 is 1.24 bits per heavy atom. The lowest BCUT2D eigenvalue weighted by Crippen LogP contribution is -2.04. The van der Waals surface area contributed by atoms with Gasteiger partial charge in [-0.1, -0.05) is 5.57 Å². The molecule has 5 nitrogen and oxygen atoms in total. The van der Waals surface area contributed by atoms with Crippen LogP contribution in [0.3, 0.4) is 0 Å². The lowest BCUT2D eigenvalue weighted by molar-refractivity contribution is -0.141. The van der Waals surface area contributed by atoms with Gasteiger partial charge in [0.25, 0.3) is 0 Å². The molecule has 0 amide bonds. The zero-order valence-electron chi connectivity index (χ0n) is 10.4. The Morgan fingerprint density at radius 2 is 1.94 bits per heavy atom. The Morgan fingerprint density at radius 3 is 2.47 bits per heavy atom. The second kappa shape index (κ2) is 9.84. The summed E-state index contributed by atoms with van der Waals surface area (Å²) in [6, 6.07) is 0. The molecule has 98 valence electrons. The van der Waals surface area contributed by atoms with Gasteiger partial charge in [0.2, 0.25) is 0 Å². The molecule has 0 aliphatic carbocycles. The van der Waals surface area contributed by atoms with E-state index in [9.17, 15) is 9.59 Å². The fourth-order valence-electron chi connectivity index (χ4n) is 1.29. The molecule has 0 unspecified atom stereocenters. The highest BCUT2D eigenvalue weighted by Gasteiger charge is 2.06. The number of aliphatic hydroxyl groups excluding tert-OH is 1. The zero-order chi connectivity index (χ0) is 13.1. The molecule has 1 N–H and O–H groups in total. The Hall–Kier alpha value is -1.36. The molecule has 0 aromatic heterocycles. The monoisotopic (exact) mass is 244 g/mol. The highest BCUT2D eigenvalue weighted by Crippen LogP contribution is 2.13. The Bertz CT molecular complexity index is 270. The quantitative estimate of drug-likeness (QED) is 0.513. The van der Waals surface area contributed by atoms with Crippen LogP contribution in [0.4, 0.5) is 0 Å². The van der Waals surface area contributed by atoms with Gasteiger partial charge in [0.05, 0.1) is 13.7 Å². The number of rotatable bonds is 8. The molecule has 0 radical (unpaired) electrons. The fraction of sp³-hybridized carbons (Fsp3) is 0.667. The standard InChI is InChI=1S/C12H20O5/c1-3-17-12(15)9-10(5-4-8-13)6-7-11(14)16-2/h9,13H,3-8H2,1-2H3/b10-9+. The van der Waals surface area contributed by atoms with Crippen LogP contribution in [0.15, 0.2) is 11.6 Å². The first kappa shape index (κ1) is 15.6. The first-order valence-electron chi connectivity index (χ1n) is 5.67. The number of allylic oxidation sites excluding steroid dienone is 1. The summed E-state index contributed by atoms with van der Waals surface area (Å²) in [5.41, 5.74) is 0.794. The van der Waals surface area contributed by atoms with Crippen LogP contribution >= 0.6 is 0 Å². The Kier molecular flexibility index (Phi) is 9.05. The van der Waals surface area contributed by atoms with Gasteiger partial charge in [-0.2, -0.15) is 0 Å². The molecule has 0 fully saturated rings. The second-order valence-corrected chi connectivity index (χ2v) is 3.46. The second-order valence-electron chi connectivity index (χ2n) is 3.46. The number of ether oxygens (including phenoxy) is 2. The van der Waals surface area contributed by atoms with Gasteiger partial charge in [-0.25, -0.2) is 4.79 Å². The van der Waals surface area contributed by atoms with Crippen molar-refractivity contribution in [3.63, 3.8) is 0 Å². The van der Waals surface area contributed by atoms with Gasteiger partial charge < -0.3 is 14.6 Å². The van der Waals surface area contributed by atoms with Crippen LogP contribution in [0.25, 0.3) is 0 Å². The van der Waals surface area contributed by atoms with Crippen LogP contribution in [0.1, 0.15) is 32.6 Å². The van der Waals surface area contributed by atoms with E-state index < -0.39 is 5.97 Å². The third-order valence-corrected chi connectivity index (χ3v) is 2.14.